The summed E-state index contributed by atoms with van der Waals surface area (Å²) in [5.74, 6) is 5.63. The molecule has 0 spiro atoms. The first-order valence-corrected chi connectivity index (χ1v) is 30.0. The van der Waals surface area contributed by atoms with Gasteiger partial charge < -0.3 is 13.4 Å². The smallest absolute Gasteiger partial charge is 0.232 e. The van der Waals surface area contributed by atoms with Gasteiger partial charge in [0.05, 0.1) is 11.2 Å². The van der Waals surface area contributed by atoms with E-state index in [4.69, 9.17) is 13.4 Å². The van der Waals surface area contributed by atoms with Crippen LogP contribution in [0.1, 0.15) is 315 Å². The number of rotatable bonds is 0. The lowest BCUT2D eigenvalue weighted by Crippen LogP contribution is -2.15. The first-order valence-electron chi connectivity index (χ1n) is 27.6. The van der Waals surface area contributed by atoms with Gasteiger partial charge in [-0.15, -0.1) is 43.1 Å². The van der Waals surface area contributed by atoms with Crippen LogP contribution in [0.2, 0.25) is 0 Å². The summed E-state index contributed by atoms with van der Waals surface area (Å²) in [7, 11) is 0. The second-order valence-electron chi connectivity index (χ2n) is 32.7. The Labute approximate surface area is 487 Å². The Morgan fingerprint density at radius 3 is 0.910 bits per heavy atom. The van der Waals surface area contributed by atoms with E-state index < -0.39 is 0 Å². The van der Waals surface area contributed by atoms with Gasteiger partial charge in [-0.2, -0.15) is 9.36 Å². The van der Waals surface area contributed by atoms with Gasteiger partial charge in [0.15, 0.2) is 11.7 Å². The molecule has 6 heterocycles. The zero-order valence-electron chi connectivity index (χ0n) is 56.1. The van der Waals surface area contributed by atoms with Crippen LogP contribution in [0.25, 0.3) is 0 Å². The van der Waals surface area contributed by atoms with Crippen LogP contribution in [0.15, 0.2) is 25.8 Å². The van der Waals surface area contributed by atoms with E-state index in [1.807, 2.05) is 23.7 Å². The number of aromatic nitrogens is 10. The van der Waals surface area contributed by atoms with Gasteiger partial charge in [-0.3, -0.25) is 0 Å². The topological polar surface area (TPSA) is 168 Å². The molecule has 0 saturated carbocycles. The summed E-state index contributed by atoms with van der Waals surface area (Å²) in [6, 6.07) is 0. The molecule has 0 saturated heterocycles. The third kappa shape index (κ3) is 24.5. The fourth-order valence-corrected chi connectivity index (χ4v) is 8.14. The van der Waals surface area contributed by atoms with E-state index in [1.165, 1.54) is 21.4 Å². The molecule has 0 amide bonds. The van der Waals surface area contributed by atoms with Crippen LogP contribution in [-0.4, -0.2) is 49.9 Å². The molecule has 0 fully saturated rings. The third-order valence-corrected chi connectivity index (χ3v) is 15.4. The van der Waals surface area contributed by atoms with E-state index in [0.29, 0.717) is 17.7 Å². The van der Waals surface area contributed by atoms with Gasteiger partial charge in [0.1, 0.15) is 26.6 Å². The lowest BCUT2D eigenvalue weighted by Gasteiger charge is -2.16. The monoisotopic (exact) mass is 1140 g/mol. The second-order valence-corrected chi connectivity index (χ2v) is 35.5. The molecule has 444 valence electrons. The maximum Gasteiger partial charge on any atom is 0.232 e. The maximum atomic E-state index is 5.70. The molecular weight excluding hydrogens is 1030 g/mol. The van der Waals surface area contributed by atoms with Crippen molar-refractivity contribution in [2.45, 2.75) is 314 Å². The number of hydrogen-bond acceptors (Lipinski definition) is 16. The zero-order valence-corrected chi connectivity index (χ0v) is 58.5. The lowest BCUT2D eigenvalue weighted by atomic mass is 9.94. The van der Waals surface area contributed by atoms with Crippen molar-refractivity contribution in [1.82, 2.24) is 49.9 Å². The molecule has 6 rings (SSSR count). The van der Waals surface area contributed by atoms with E-state index in [0.717, 1.165) is 38.3 Å². The Kier molecular flexibility index (Phi) is 23.7. The Bertz CT molecular complexity index is 2040. The summed E-state index contributed by atoms with van der Waals surface area (Å²) in [5.41, 5.74) is 0.718. The summed E-state index contributed by atoms with van der Waals surface area (Å²) < 4.78 is 20.9. The first-order chi connectivity index (χ1) is 34.3. The molecule has 0 aliphatic rings. The zero-order chi connectivity index (χ0) is 61.7. The number of hydrogen-bond donors (Lipinski definition) is 0. The summed E-state index contributed by atoms with van der Waals surface area (Å²) >= 11 is 5.08. The summed E-state index contributed by atoms with van der Waals surface area (Å²) in [6.45, 7) is 76.7. The van der Waals surface area contributed by atoms with Crippen molar-refractivity contribution in [3.8, 4) is 0 Å². The second kappa shape index (κ2) is 25.6. The summed E-state index contributed by atoms with van der Waals surface area (Å²) in [6.07, 6.45) is 3.85. The van der Waals surface area contributed by atoms with Gasteiger partial charge in [0, 0.05) is 70.6 Å². The van der Waals surface area contributed by atoms with Crippen LogP contribution in [0.4, 0.5) is 0 Å². The highest BCUT2D eigenvalue weighted by Crippen LogP contribution is 2.35. The van der Waals surface area contributed by atoms with Crippen LogP contribution in [0, 0.1) is 0 Å². The molecule has 0 aromatic carbocycles. The minimum absolute atomic E-state index is 0.00347. The van der Waals surface area contributed by atoms with Crippen molar-refractivity contribution in [1.29, 1.82) is 0 Å². The van der Waals surface area contributed by atoms with Crippen LogP contribution in [0.3, 0.4) is 0 Å². The molecule has 0 aliphatic carbocycles. The van der Waals surface area contributed by atoms with Crippen LogP contribution >= 0.6 is 34.2 Å². The minimum Gasteiger partial charge on any atom is -0.445 e. The molecule has 0 aliphatic heterocycles. The van der Waals surface area contributed by atoms with Crippen molar-refractivity contribution >= 4 is 34.2 Å². The Balaban J connectivity index is 0.000000468. The van der Waals surface area contributed by atoms with Crippen molar-refractivity contribution < 1.29 is 13.4 Å². The highest BCUT2D eigenvalue weighted by atomic mass is 32.1. The Morgan fingerprint density at radius 2 is 0.705 bits per heavy atom. The standard InChI is InChI=1S/C11H19NO.C11H19NS.2C10H18N2O.2C10H18N2S/c2*1-10(2,3)8-7-12-9(13-8)11(4,5)6;1-9(2,3)7-11-12-8(13-7)10(4,5)6;1-9(2,3)7-11-8(13-12-7)10(4,5)6;1-9(2,3)7-11-12-8(13-7)10(4,5)6;1-9(2,3)7-11-8(13-12-7)10(4,5)6/h2*7H,1-6H3;4*1-6H3. The molecule has 0 radical (unpaired) electrons. The van der Waals surface area contributed by atoms with E-state index in [1.54, 1.807) is 11.3 Å². The van der Waals surface area contributed by atoms with E-state index in [9.17, 15) is 0 Å². The number of nitrogens with zero attached hydrogens (tertiary/aromatic N) is 10. The molecule has 13 nitrogen and oxygen atoms in total. The highest BCUT2D eigenvalue weighted by molar-refractivity contribution is 7.12. The third-order valence-electron chi connectivity index (χ3n) is 10.7. The lowest BCUT2D eigenvalue weighted by molar-refractivity contribution is 0.314. The van der Waals surface area contributed by atoms with Crippen LogP contribution in [0.5, 0.6) is 0 Å². The summed E-state index contributed by atoms with van der Waals surface area (Å²) in [5, 5.41) is 25.1. The molecule has 0 unspecified atom stereocenters. The fraction of sp³-hybridized carbons (Fsp3) is 0.774. The molecule has 78 heavy (non-hydrogen) atoms. The first kappa shape index (κ1) is 72.3. The number of oxazole rings is 1. The largest absolute Gasteiger partial charge is 0.445 e. The molecule has 6 aromatic rings. The molecule has 0 bridgehead atoms. The quantitative estimate of drug-likeness (QED) is 0.141. The van der Waals surface area contributed by atoms with Crippen molar-refractivity contribution in [3.63, 3.8) is 0 Å². The van der Waals surface area contributed by atoms with Gasteiger partial charge in [0.25, 0.3) is 0 Å². The van der Waals surface area contributed by atoms with E-state index in [2.05, 4.69) is 299 Å². The highest BCUT2D eigenvalue weighted by Gasteiger charge is 2.30. The SMILES string of the molecule is CC(C)(C)c1cnc(C(C)(C)C)o1.CC(C)(C)c1cnc(C(C)(C)C)s1.CC(C)(C)c1nnc(C(C)(C)C)o1.CC(C)(C)c1nnc(C(C)(C)C)s1.CC(C)(C)c1noc(C(C)(C)C)n1.CC(C)(C)c1nsc(C(C)(C)C)n1. The molecule has 0 N–H and O–H groups in total. The van der Waals surface area contributed by atoms with Crippen LogP contribution < -0.4 is 0 Å². The van der Waals surface area contributed by atoms with Gasteiger partial charge in [-0.05, 0) is 16.9 Å². The van der Waals surface area contributed by atoms with Crippen molar-refractivity contribution in [3.05, 3.63) is 78.3 Å². The Hall–Kier alpha value is -3.76. The van der Waals surface area contributed by atoms with E-state index in [-0.39, 0.29) is 65.0 Å². The minimum atomic E-state index is -0.0590. The Morgan fingerprint density at radius 1 is 0.308 bits per heavy atom. The van der Waals surface area contributed by atoms with Crippen LogP contribution in [-0.2, 0) is 65.0 Å². The van der Waals surface area contributed by atoms with Gasteiger partial charge in [-0.25, -0.2) is 15.0 Å². The predicted octanol–water partition coefficient (Wildman–Crippen LogP) is 18.6. The average Bonchev–Trinajstić information content (AvgIpc) is 4.06. The van der Waals surface area contributed by atoms with E-state index >= 15 is 0 Å². The normalized spacial score (nSPS) is 13.4. The molecule has 16 heteroatoms. The molecular formula is C62H110N10O3S3. The summed E-state index contributed by atoms with van der Waals surface area (Å²) in [4.78, 5) is 19.1. The number of thiazole rings is 1. The van der Waals surface area contributed by atoms with Gasteiger partial charge >= 0.3 is 0 Å². The molecule has 6 aromatic heterocycles. The predicted molar refractivity (Wildman–Crippen MR) is 331 cm³/mol. The van der Waals surface area contributed by atoms with Crippen molar-refractivity contribution in [2.24, 2.45) is 0 Å². The average molecular weight is 1140 g/mol. The maximum absolute atomic E-state index is 5.70. The molecule has 0 atom stereocenters. The fourth-order valence-electron chi connectivity index (χ4n) is 5.26. The van der Waals surface area contributed by atoms with Gasteiger partial charge in [0.2, 0.25) is 17.7 Å². The van der Waals surface area contributed by atoms with Crippen molar-refractivity contribution in [2.75, 3.05) is 0 Å². The van der Waals surface area contributed by atoms with Gasteiger partial charge in [-0.1, -0.05) is 254 Å².